The predicted octanol–water partition coefficient (Wildman–Crippen LogP) is 5.98. The van der Waals surface area contributed by atoms with Gasteiger partial charge >= 0.3 is 6.09 Å². The van der Waals surface area contributed by atoms with Gasteiger partial charge in [0, 0.05) is 18.1 Å². The van der Waals surface area contributed by atoms with Crippen molar-refractivity contribution in [1.82, 2.24) is 15.2 Å². The van der Waals surface area contributed by atoms with Crippen LogP contribution in [0.5, 0.6) is 0 Å². The van der Waals surface area contributed by atoms with Gasteiger partial charge in [0.15, 0.2) is 5.17 Å². The van der Waals surface area contributed by atoms with Gasteiger partial charge < -0.3 is 15.4 Å². The van der Waals surface area contributed by atoms with Gasteiger partial charge in [-0.3, -0.25) is 19.5 Å². The molecule has 4 aromatic rings. The van der Waals surface area contributed by atoms with Crippen LogP contribution in [0.2, 0.25) is 0 Å². The molecule has 3 aromatic carbocycles. The molecule has 1 unspecified atom stereocenters. The van der Waals surface area contributed by atoms with E-state index in [1.54, 1.807) is 66.7 Å². The number of rotatable bonds is 9. The summed E-state index contributed by atoms with van der Waals surface area (Å²) >= 11 is 1.27. The van der Waals surface area contributed by atoms with E-state index in [0.717, 1.165) is 11.1 Å². The van der Waals surface area contributed by atoms with Crippen LogP contribution in [0.4, 0.5) is 20.6 Å². The zero-order valence-corrected chi connectivity index (χ0v) is 24.0. The van der Waals surface area contributed by atoms with Crippen LogP contribution in [0, 0.1) is 5.82 Å². The van der Waals surface area contributed by atoms with Crippen molar-refractivity contribution in [3.05, 3.63) is 126 Å². The molecule has 0 aliphatic carbocycles. The lowest BCUT2D eigenvalue weighted by Gasteiger charge is -2.17. The van der Waals surface area contributed by atoms with Crippen molar-refractivity contribution >= 4 is 46.2 Å². The van der Waals surface area contributed by atoms with Crippen LogP contribution in [0.3, 0.4) is 0 Å². The Morgan fingerprint density at radius 1 is 1.02 bits per heavy atom. The van der Waals surface area contributed by atoms with Crippen molar-refractivity contribution in [1.29, 1.82) is 0 Å². The zero-order valence-electron chi connectivity index (χ0n) is 23.1. The number of hydrogen-bond acceptors (Lipinski definition) is 7. The Kier molecular flexibility index (Phi) is 9.42. The van der Waals surface area contributed by atoms with Crippen LogP contribution >= 0.6 is 11.8 Å². The van der Waals surface area contributed by atoms with Crippen molar-refractivity contribution in [3.8, 4) is 0 Å². The van der Waals surface area contributed by atoms with E-state index in [4.69, 9.17) is 4.74 Å². The quantitative estimate of drug-likeness (QED) is 0.246. The van der Waals surface area contributed by atoms with Crippen LogP contribution in [0.1, 0.15) is 28.9 Å². The number of alkyl carbamates (subject to hydrolysis) is 1. The molecule has 1 saturated heterocycles. The van der Waals surface area contributed by atoms with Crippen molar-refractivity contribution in [2.24, 2.45) is 4.99 Å². The number of ether oxygens (including phenoxy) is 1. The molecule has 2 atom stereocenters. The van der Waals surface area contributed by atoms with Crippen LogP contribution in [0.25, 0.3) is 0 Å². The molecule has 1 fully saturated rings. The van der Waals surface area contributed by atoms with Gasteiger partial charge in [-0.05, 0) is 60.0 Å². The molecule has 1 aliphatic heterocycles. The number of hydrogen-bond donors (Lipinski definition) is 2. The lowest BCUT2D eigenvalue weighted by atomic mass is 10.1. The molecule has 218 valence electrons. The molecule has 0 spiro atoms. The maximum Gasteiger partial charge on any atom is 0.408 e. The van der Waals surface area contributed by atoms with Crippen LogP contribution in [-0.4, -0.2) is 39.0 Å². The number of pyridine rings is 1. The summed E-state index contributed by atoms with van der Waals surface area (Å²) in [6.07, 6.45) is 2.63. The van der Waals surface area contributed by atoms with Crippen molar-refractivity contribution in [3.63, 3.8) is 0 Å². The van der Waals surface area contributed by atoms with Crippen molar-refractivity contribution in [2.75, 3.05) is 5.32 Å². The van der Waals surface area contributed by atoms with E-state index in [1.807, 2.05) is 36.4 Å². The molecule has 3 amide bonds. The Balaban J connectivity index is 1.23. The maximum atomic E-state index is 13.8. The fraction of sp³-hybridized carbons (Fsp3) is 0.156. The summed E-state index contributed by atoms with van der Waals surface area (Å²) in [5, 5.41) is 5.13. The Bertz CT molecular complexity index is 1620. The van der Waals surface area contributed by atoms with Gasteiger partial charge in [-0.1, -0.05) is 66.4 Å². The molecule has 1 aliphatic rings. The lowest BCUT2D eigenvalue weighted by Crippen LogP contribution is -2.41. The van der Waals surface area contributed by atoms with Gasteiger partial charge in [0.05, 0.1) is 12.2 Å². The molecular formula is C32H28FN5O4S. The van der Waals surface area contributed by atoms with E-state index in [-0.39, 0.29) is 19.1 Å². The molecule has 0 radical (unpaired) electrons. The minimum Gasteiger partial charge on any atom is -0.445 e. The number of aromatic nitrogens is 1. The minimum atomic E-state index is -0.849. The summed E-state index contributed by atoms with van der Waals surface area (Å²) in [5.74, 6) is -1.02. The standard InChI is InChI=1S/C32H28FN5O4S/c1-21(35-32(41)42-20-22-7-3-2-4-8-22)29(39)36-26-14-12-24(13-15-26)28-30(40)38(19-23-9-6-16-34-18-23)31(43-28)37-27-11-5-10-25(33)17-27/h2-18,21,28H,19-20H2,1H3,(H,35,41)(H,36,39)/t21-,28?/m1/s1. The number of nitrogens with one attached hydrogen (secondary N) is 2. The highest BCUT2D eigenvalue weighted by Crippen LogP contribution is 2.41. The Labute approximate surface area is 252 Å². The fourth-order valence-corrected chi connectivity index (χ4v) is 5.40. The first-order valence-electron chi connectivity index (χ1n) is 13.4. The number of amidine groups is 1. The second kappa shape index (κ2) is 13.8. The van der Waals surface area contributed by atoms with Gasteiger partial charge in [-0.2, -0.15) is 0 Å². The number of benzene rings is 3. The van der Waals surface area contributed by atoms with Crippen LogP contribution < -0.4 is 10.6 Å². The third-order valence-corrected chi connectivity index (χ3v) is 7.69. The van der Waals surface area contributed by atoms with E-state index in [9.17, 15) is 18.8 Å². The number of nitrogens with zero attached hydrogens (tertiary/aromatic N) is 3. The summed E-state index contributed by atoms with van der Waals surface area (Å²) in [5.41, 5.74) is 3.27. The highest BCUT2D eigenvalue weighted by Gasteiger charge is 2.39. The smallest absolute Gasteiger partial charge is 0.408 e. The number of anilines is 1. The minimum absolute atomic E-state index is 0.0920. The van der Waals surface area contributed by atoms with Crippen LogP contribution in [0.15, 0.2) is 108 Å². The molecule has 43 heavy (non-hydrogen) atoms. The van der Waals surface area contributed by atoms with Gasteiger partial charge in [0.1, 0.15) is 23.7 Å². The first kappa shape index (κ1) is 29.5. The van der Waals surface area contributed by atoms with E-state index < -0.39 is 29.1 Å². The van der Waals surface area contributed by atoms with E-state index >= 15 is 0 Å². The highest BCUT2D eigenvalue weighted by atomic mass is 32.2. The first-order valence-corrected chi connectivity index (χ1v) is 14.3. The molecule has 11 heteroatoms. The molecule has 5 rings (SSSR count). The highest BCUT2D eigenvalue weighted by molar-refractivity contribution is 8.15. The first-order chi connectivity index (χ1) is 20.9. The van der Waals surface area contributed by atoms with Crippen molar-refractivity contribution in [2.45, 2.75) is 31.4 Å². The number of carbonyl (C=O) groups excluding carboxylic acids is 3. The SMILES string of the molecule is C[C@@H](NC(=O)OCc1ccccc1)C(=O)Nc1ccc(C2SC(=Nc3cccc(F)c3)N(Cc3cccnc3)C2=O)cc1. The van der Waals surface area contributed by atoms with E-state index in [0.29, 0.717) is 22.1 Å². The summed E-state index contributed by atoms with van der Waals surface area (Å²) in [4.78, 5) is 48.7. The van der Waals surface area contributed by atoms with Crippen LogP contribution in [-0.2, 0) is 27.5 Å². The number of carbonyl (C=O) groups is 3. The third-order valence-electron chi connectivity index (χ3n) is 6.46. The fourth-order valence-electron chi connectivity index (χ4n) is 4.23. The normalized spacial score (nSPS) is 16.1. The average molecular weight is 598 g/mol. The monoisotopic (exact) mass is 597 g/mol. The molecule has 2 heterocycles. The molecule has 2 N–H and O–H groups in total. The summed E-state index contributed by atoms with van der Waals surface area (Å²) < 4.78 is 19.0. The Morgan fingerprint density at radius 2 is 1.79 bits per heavy atom. The summed E-state index contributed by atoms with van der Waals surface area (Å²) in [6, 6.07) is 24.8. The number of aliphatic imine (C=N–C) groups is 1. The second-order valence-corrected chi connectivity index (χ2v) is 10.8. The second-order valence-electron chi connectivity index (χ2n) is 9.70. The third kappa shape index (κ3) is 7.83. The molecular weight excluding hydrogens is 569 g/mol. The molecule has 0 bridgehead atoms. The van der Waals surface area contributed by atoms with Gasteiger partial charge in [0.25, 0.3) is 0 Å². The largest absolute Gasteiger partial charge is 0.445 e. The molecule has 9 nitrogen and oxygen atoms in total. The number of halogens is 1. The maximum absolute atomic E-state index is 13.8. The van der Waals surface area contributed by atoms with Gasteiger partial charge in [0.2, 0.25) is 11.8 Å². The molecule has 0 saturated carbocycles. The lowest BCUT2D eigenvalue weighted by molar-refractivity contribution is -0.126. The molecule has 1 aromatic heterocycles. The Hall–Kier alpha value is -5.03. The van der Waals surface area contributed by atoms with Crippen molar-refractivity contribution < 1.29 is 23.5 Å². The topological polar surface area (TPSA) is 113 Å². The summed E-state index contributed by atoms with van der Waals surface area (Å²) in [7, 11) is 0. The summed E-state index contributed by atoms with van der Waals surface area (Å²) in [6.45, 7) is 1.91. The van der Waals surface area contributed by atoms with E-state index in [2.05, 4.69) is 20.6 Å². The van der Waals surface area contributed by atoms with Gasteiger partial charge in [-0.25, -0.2) is 14.2 Å². The van der Waals surface area contributed by atoms with E-state index in [1.165, 1.54) is 23.9 Å². The number of amides is 3. The zero-order chi connectivity index (χ0) is 30.2. The Morgan fingerprint density at radius 3 is 2.51 bits per heavy atom. The number of thioether (sulfide) groups is 1. The average Bonchev–Trinajstić information content (AvgIpc) is 3.31. The van der Waals surface area contributed by atoms with Gasteiger partial charge in [-0.15, -0.1) is 0 Å². The predicted molar refractivity (Wildman–Crippen MR) is 163 cm³/mol.